The quantitative estimate of drug-likeness (QED) is 0.763. The molecule has 4 heterocycles. The van der Waals surface area contributed by atoms with Crippen LogP contribution in [0.1, 0.15) is 12.8 Å². The van der Waals surface area contributed by atoms with Gasteiger partial charge in [0.2, 0.25) is 11.8 Å². The molecule has 0 aromatic carbocycles. The summed E-state index contributed by atoms with van der Waals surface area (Å²) in [5, 5.41) is 7.12. The number of fused-ring (bicyclic) bond motifs is 1. The van der Waals surface area contributed by atoms with E-state index in [-0.39, 0.29) is 18.2 Å². The van der Waals surface area contributed by atoms with Crippen molar-refractivity contribution in [2.45, 2.75) is 37.3 Å². The molecule has 2 aliphatic heterocycles. The highest BCUT2D eigenvalue weighted by Crippen LogP contribution is 2.34. The number of carboxylic acids is 1. The summed E-state index contributed by atoms with van der Waals surface area (Å²) in [7, 11) is 1.61. The summed E-state index contributed by atoms with van der Waals surface area (Å²) in [5.74, 6) is -0.734. The average molecular weight is 442 g/mol. The van der Waals surface area contributed by atoms with Crippen molar-refractivity contribution in [2.75, 3.05) is 25.2 Å². The molecule has 3 atom stereocenters. The van der Waals surface area contributed by atoms with E-state index in [4.69, 9.17) is 24.1 Å². The molecule has 9 nitrogen and oxygen atoms in total. The molecule has 2 fully saturated rings. The van der Waals surface area contributed by atoms with E-state index in [1.165, 1.54) is 6.33 Å². The molecule has 2 saturated heterocycles. The Morgan fingerprint density at radius 2 is 2.03 bits per heavy atom. The first-order chi connectivity index (χ1) is 14.8. The van der Waals surface area contributed by atoms with Crippen LogP contribution in [0.3, 0.4) is 0 Å². The lowest BCUT2D eigenvalue weighted by atomic mass is 10.0. The number of carboxylic acid groups (broad SMARTS) is 1. The molecule has 0 spiro atoms. The van der Waals surface area contributed by atoms with E-state index in [1.807, 2.05) is 24.3 Å². The van der Waals surface area contributed by atoms with Crippen molar-refractivity contribution < 1.29 is 37.3 Å². The monoisotopic (exact) mass is 442 g/mol. The number of aromatic nitrogens is 3. The van der Waals surface area contributed by atoms with Crippen molar-refractivity contribution in [3.8, 4) is 11.8 Å². The van der Waals surface area contributed by atoms with Crippen LogP contribution in [-0.2, 0) is 9.53 Å². The van der Waals surface area contributed by atoms with Crippen LogP contribution in [0.15, 0.2) is 36.8 Å². The van der Waals surface area contributed by atoms with Crippen molar-refractivity contribution in [2.24, 2.45) is 0 Å². The second kappa shape index (κ2) is 9.77. The summed E-state index contributed by atoms with van der Waals surface area (Å²) in [6.45, 7) is 1.47. The lowest BCUT2D eigenvalue weighted by Crippen LogP contribution is -2.42. The van der Waals surface area contributed by atoms with Gasteiger partial charge < -0.3 is 24.2 Å². The molecule has 1 N–H and O–H groups in total. The van der Waals surface area contributed by atoms with Crippen molar-refractivity contribution in [3.05, 3.63) is 36.8 Å². The number of halogens is 3. The van der Waals surface area contributed by atoms with Crippen LogP contribution in [0, 0.1) is 0 Å². The Morgan fingerprint density at radius 3 is 2.68 bits per heavy atom. The number of nitrogens with zero attached hydrogens (tertiary/aromatic N) is 4. The highest BCUT2D eigenvalue weighted by Gasteiger charge is 2.46. The van der Waals surface area contributed by atoms with Crippen LogP contribution < -0.4 is 14.4 Å². The smallest absolute Gasteiger partial charge is 0.481 e. The molecule has 0 amide bonds. The Hall–Kier alpha value is -3.15. The number of methoxy groups -OCH3 is 1. The van der Waals surface area contributed by atoms with Gasteiger partial charge in [0.25, 0.3) is 0 Å². The van der Waals surface area contributed by atoms with Gasteiger partial charge in [0.15, 0.2) is 0 Å². The van der Waals surface area contributed by atoms with E-state index in [2.05, 4.69) is 19.9 Å². The van der Waals surface area contributed by atoms with Gasteiger partial charge in [0.05, 0.1) is 19.7 Å². The molecule has 12 heteroatoms. The van der Waals surface area contributed by atoms with Gasteiger partial charge in [0, 0.05) is 24.9 Å². The second-order valence-electron chi connectivity index (χ2n) is 6.74. The summed E-state index contributed by atoms with van der Waals surface area (Å²) in [6, 6.07) is 7.76. The highest BCUT2D eigenvalue weighted by molar-refractivity contribution is 5.73. The Labute approximate surface area is 175 Å². The van der Waals surface area contributed by atoms with Crippen LogP contribution in [-0.4, -0.2) is 70.7 Å². The van der Waals surface area contributed by atoms with Gasteiger partial charge in [-0.15, -0.1) is 0 Å². The fraction of sp³-hybridized carbons (Fsp3) is 0.474. The largest absolute Gasteiger partial charge is 0.490 e. The zero-order chi connectivity index (χ0) is 22.4. The number of aliphatic carboxylic acids is 1. The second-order valence-corrected chi connectivity index (χ2v) is 6.74. The first-order valence-corrected chi connectivity index (χ1v) is 9.41. The summed E-state index contributed by atoms with van der Waals surface area (Å²) >= 11 is 0. The Balaban J connectivity index is 0.000000339. The molecule has 31 heavy (non-hydrogen) atoms. The summed E-state index contributed by atoms with van der Waals surface area (Å²) in [4.78, 5) is 23.9. The summed E-state index contributed by atoms with van der Waals surface area (Å²) in [5.41, 5.74) is 0. The van der Waals surface area contributed by atoms with Gasteiger partial charge >= 0.3 is 12.1 Å². The van der Waals surface area contributed by atoms with Gasteiger partial charge in [0.1, 0.15) is 24.4 Å². The van der Waals surface area contributed by atoms with E-state index in [0.29, 0.717) is 18.3 Å². The van der Waals surface area contributed by atoms with E-state index in [0.717, 1.165) is 25.3 Å². The maximum atomic E-state index is 10.6. The number of hydrogen-bond donors (Lipinski definition) is 1. The molecule has 2 aliphatic rings. The van der Waals surface area contributed by atoms with E-state index in [1.54, 1.807) is 13.3 Å². The summed E-state index contributed by atoms with van der Waals surface area (Å²) in [6.07, 6.45) is 0.207. The van der Waals surface area contributed by atoms with Gasteiger partial charge in [-0.2, -0.15) is 13.2 Å². The third-order valence-corrected chi connectivity index (χ3v) is 4.76. The van der Waals surface area contributed by atoms with Crippen LogP contribution in [0.25, 0.3) is 0 Å². The number of hydrogen-bond acceptors (Lipinski definition) is 8. The first kappa shape index (κ1) is 22.5. The molecule has 0 saturated carbocycles. The normalized spacial score (nSPS) is 22.7. The predicted octanol–water partition coefficient (Wildman–Crippen LogP) is 2.33. The first-order valence-electron chi connectivity index (χ1n) is 9.41. The molecule has 2 aromatic rings. The molecular formula is C19H21F3N4O5. The van der Waals surface area contributed by atoms with E-state index >= 15 is 0 Å². The zero-order valence-electron chi connectivity index (χ0n) is 16.5. The van der Waals surface area contributed by atoms with Gasteiger partial charge in [-0.05, 0) is 18.9 Å². The maximum Gasteiger partial charge on any atom is 0.490 e. The molecule has 168 valence electrons. The van der Waals surface area contributed by atoms with Gasteiger partial charge in [-0.3, -0.25) is 0 Å². The third-order valence-electron chi connectivity index (χ3n) is 4.76. The minimum absolute atomic E-state index is 0.0155. The number of anilines is 1. The predicted molar refractivity (Wildman–Crippen MR) is 101 cm³/mol. The molecule has 0 radical (unpaired) electrons. The SMILES string of the molecule is COc1cc(N2C[C@@H](Oc3ccccn3)[C@H]3OCCC[C@H]32)ncn1.O=C(O)C(F)(F)F. The van der Waals surface area contributed by atoms with Crippen LogP contribution in [0.4, 0.5) is 19.0 Å². The van der Waals surface area contributed by atoms with Crippen LogP contribution >= 0.6 is 0 Å². The fourth-order valence-electron chi connectivity index (χ4n) is 3.45. The number of rotatable bonds is 4. The lowest BCUT2D eigenvalue weighted by molar-refractivity contribution is -0.192. The van der Waals surface area contributed by atoms with Gasteiger partial charge in [-0.1, -0.05) is 6.07 Å². The van der Waals surface area contributed by atoms with Crippen molar-refractivity contribution in [1.29, 1.82) is 0 Å². The molecule has 0 aliphatic carbocycles. The Kier molecular flexibility index (Phi) is 7.10. The van der Waals surface area contributed by atoms with Crippen molar-refractivity contribution >= 4 is 11.8 Å². The lowest BCUT2D eigenvalue weighted by Gasteiger charge is -2.32. The molecular weight excluding hydrogens is 421 g/mol. The third kappa shape index (κ3) is 5.72. The van der Waals surface area contributed by atoms with Gasteiger partial charge in [-0.25, -0.2) is 19.7 Å². The fourth-order valence-corrected chi connectivity index (χ4v) is 3.45. The topological polar surface area (TPSA) is 107 Å². The summed E-state index contributed by atoms with van der Waals surface area (Å²) < 4.78 is 49.1. The molecule has 4 rings (SSSR count). The minimum Gasteiger partial charge on any atom is -0.481 e. The molecule has 2 aromatic heterocycles. The van der Waals surface area contributed by atoms with Crippen molar-refractivity contribution in [3.63, 3.8) is 0 Å². The highest BCUT2D eigenvalue weighted by atomic mass is 19.4. The molecule has 0 unspecified atom stereocenters. The minimum atomic E-state index is -5.08. The average Bonchev–Trinajstić information content (AvgIpc) is 3.13. The molecule has 0 bridgehead atoms. The van der Waals surface area contributed by atoms with E-state index in [9.17, 15) is 13.2 Å². The van der Waals surface area contributed by atoms with Crippen molar-refractivity contribution in [1.82, 2.24) is 15.0 Å². The Morgan fingerprint density at radius 1 is 1.26 bits per heavy atom. The number of carbonyl (C=O) groups is 1. The maximum absolute atomic E-state index is 10.6. The number of pyridine rings is 1. The standard InChI is InChI=1S/C17H20N4O3.C2HF3O2/c1-22-16-9-14(19-11-20-16)21-10-13(17-12(21)5-4-8-23-17)24-15-6-2-3-7-18-15;3-2(4,5)1(6)7/h2-3,6-7,9,11-13,17H,4-5,8,10H2,1H3;(H,6,7)/t12-,13-,17+;/m1./s1. The number of alkyl halides is 3. The van der Waals surface area contributed by atoms with Crippen LogP contribution in [0.2, 0.25) is 0 Å². The Bertz CT molecular complexity index is 871. The van der Waals surface area contributed by atoms with E-state index < -0.39 is 12.1 Å². The zero-order valence-corrected chi connectivity index (χ0v) is 16.5. The van der Waals surface area contributed by atoms with Crippen LogP contribution in [0.5, 0.6) is 11.8 Å². The number of ether oxygens (including phenoxy) is 3.